The van der Waals surface area contributed by atoms with Gasteiger partial charge in [0.15, 0.2) is 0 Å². The fraction of sp³-hybridized carbons (Fsp3) is 0.452. The van der Waals surface area contributed by atoms with Crippen molar-refractivity contribution in [1.29, 1.82) is 0 Å². The van der Waals surface area contributed by atoms with E-state index in [2.05, 4.69) is 22.8 Å². The van der Waals surface area contributed by atoms with E-state index in [0.717, 1.165) is 53.1 Å². The molecule has 2 aliphatic heterocycles. The summed E-state index contributed by atoms with van der Waals surface area (Å²) >= 11 is 6.22. The topological polar surface area (TPSA) is 90.8 Å². The summed E-state index contributed by atoms with van der Waals surface area (Å²) in [6.45, 7) is 3.41. The molecule has 1 unspecified atom stereocenters. The van der Waals surface area contributed by atoms with Gasteiger partial charge < -0.3 is 15.7 Å². The lowest BCUT2D eigenvalue weighted by Crippen LogP contribution is -2.36. The van der Waals surface area contributed by atoms with E-state index in [9.17, 15) is 14.0 Å². The first-order chi connectivity index (χ1) is 18.7. The number of nitrogens with one attached hydrogen (secondary N) is 2. The molecule has 208 valence electrons. The summed E-state index contributed by atoms with van der Waals surface area (Å²) in [5.41, 5.74) is 6.89. The van der Waals surface area contributed by atoms with E-state index in [0.29, 0.717) is 37.7 Å². The van der Waals surface area contributed by atoms with E-state index in [1.165, 1.54) is 24.1 Å². The minimum Gasteiger partial charge on any atom is -0.481 e. The van der Waals surface area contributed by atoms with Crippen molar-refractivity contribution in [1.82, 2.24) is 10.6 Å². The number of aliphatic carboxylic acids is 1. The van der Waals surface area contributed by atoms with Crippen LogP contribution in [0.3, 0.4) is 0 Å². The van der Waals surface area contributed by atoms with Crippen molar-refractivity contribution in [2.24, 2.45) is 4.99 Å². The molecule has 39 heavy (non-hydrogen) atoms. The zero-order chi connectivity index (χ0) is 27.9. The number of dihydropyridines is 1. The van der Waals surface area contributed by atoms with Crippen LogP contribution < -0.4 is 10.6 Å². The highest BCUT2D eigenvalue weighted by Gasteiger charge is 2.30. The Morgan fingerprint density at radius 2 is 2.05 bits per heavy atom. The van der Waals surface area contributed by atoms with E-state index in [-0.39, 0.29) is 30.4 Å². The van der Waals surface area contributed by atoms with Gasteiger partial charge in [-0.1, -0.05) is 30.7 Å². The van der Waals surface area contributed by atoms with Gasteiger partial charge in [0.05, 0.1) is 17.6 Å². The summed E-state index contributed by atoms with van der Waals surface area (Å²) in [6.07, 6.45) is 17.6. The molecule has 2 heterocycles. The number of carboxylic acid groups (broad SMARTS) is 1. The highest BCUT2D eigenvalue weighted by atomic mass is 35.5. The third-order valence-corrected chi connectivity index (χ3v) is 7.87. The maximum Gasteiger partial charge on any atom is 0.303 e. The van der Waals surface area contributed by atoms with E-state index >= 15 is 0 Å². The minimum absolute atomic E-state index is 0.0405. The second-order valence-electron chi connectivity index (χ2n) is 10.4. The smallest absolute Gasteiger partial charge is 0.303 e. The van der Waals surface area contributed by atoms with Crippen LogP contribution >= 0.6 is 11.6 Å². The van der Waals surface area contributed by atoms with Crippen LogP contribution in [0.15, 0.2) is 85.9 Å². The largest absolute Gasteiger partial charge is 0.481 e. The zero-order valence-corrected chi connectivity index (χ0v) is 23.4. The number of hydrogen-bond donors (Lipinski definition) is 3. The molecule has 0 saturated carbocycles. The number of amides is 1. The highest BCUT2D eigenvalue weighted by Crippen LogP contribution is 2.37. The Labute approximate surface area is 234 Å². The number of hydrogen-bond acceptors (Lipinski definition) is 4. The van der Waals surface area contributed by atoms with Crippen LogP contribution in [-0.4, -0.2) is 34.9 Å². The van der Waals surface area contributed by atoms with E-state index in [1.807, 2.05) is 13.0 Å². The number of carbonyl (C=O) groups excluding carboxylic acids is 1. The predicted molar refractivity (Wildman–Crippen MR) is 154 cm³/mol. The van der Waals surface area contributed by atoms with Gasteiger partial charge in [-0.05, 0) is 111 Å². The fourth-order valence-corrected chi connectivity index (χ4v) is 5.72. The van der Waals surface area contributed by atoms with Gasteiger partial charge in [-0.3, -0.25) is 14.6 Å². The number of unbranched alkanes of at least 4 members (excludes halogenated alkanes) is 1. The number of carbonyl (C=O) groups is 2. The molecule has 0 spiro atoms. The monoisotopic (exact) mass is 553 g/mol. The van der Waals surface area contributed by atoms with E-state index in [4.69, 9.17) is 21.7 Å². The minimum atomic E-state index is -0.805. The molecule has 3 N–H and O–H groups in total. The van der Waals surface area contributed by atoms with E-state index < -0.39 is 5.97 Å². The third-order valence-electron chi connectivity index (χ3n) is 7.57. The number of rotatable bonds is 10. The molecule has 6 nitrogen and oxygen atoms in total. The summed E-state index contributed by atoms with van der Waals surface area (Å²) in [5, 5.41) is 16.4. The number of aliphatic imine (C=N–C) groups is 1. The summed E-state index contributed by atoms with van der Waals surface area (Å²) in [7, 11) is 0. The molecule has 0 aromatic carbocycles. The number of nitrogens with zero attached hydrogens (tertiary/aromatic N) is 1. The first-order valence-corrected chi connectivity index (χ1v) is 14.2. The molecule has 2 aliphatic carbocycles. The predicted octanol–water partition coefficient (Wildman–Crippen LogP) is 6.84. The first-order valence-electron chi connectivity index (χ1n) is 13.8. The van der Waals surface area contributed by atoms with Crippen molar-refractivity contribution in [3.8, 4) is 0 Å². The number of allylic oxidation sites excluding steroid dienone is 9. The molecule has 4 rings (SSSR count). The Morgan fingerprint density at radius 1 is 1.23 bits per heavy atom. The Bertz CT molecular complexity index is 1260. The van der Waals surface area contributed by atoms with Gasteiger partial charge in [-0.25, -0.2) is 4.39 Å². The molecule has 8 heteroatoms. The van der Waals surface area contributed by atoms with Crippen LogP contribution in [0, 0.1) is 0 Å². The maximum absolute atomic E-state index is 13.5. The van der Waals surface area contributed by atoms with Crippen LogP contribution in [0.2, 0.25) is 0 Å². The lowest BCUT2D eigenvalue weighted by molar-refractivity contribution is -0.137. The van der Waals surface area contributed by atoms with Gasteiger partial charge >= 0.3 is 5.97 Å². The molecule has 1 amide bonds. The van der Waals surface area contributed by atoms with Crippen molar-refractivity contribution in [3.05, 3.63) is 80.9 Å². The van der Waals surface area contributed by atoms with Crippen LogP contribution in [0.1, 0.15) is 78.1 Å². The van der Waals surface area contributed by atoms with Gasteiger partial charge in [-0.2, -0.15) is 0 Å². The fourth-order valence-electron chi connectivity index (χ4n) is 5.50. The van der Waals surface area contributed by atoms with Gasteiger partial charge in [0.25, 0.3) is 0 Å². The normalized spacial score (nSPS) is 23.3. The molecule has 0 fully saturated rings. The van der Waals surface area contributed by atoms with Crippen molar-refractivity contribution in [2.75, 3.05) is 0 Å². The summed E-state index contributed by atoms with van der Waals surface area (Å²) in [4.78, 5) is 29.2. The van der Waals surface area contributed by atoms with Crippen LogP contribution in [-0.2, 0) is 9.59 Å². The van der Waals surface area contributed by atoms with Crippen molar-refractivity contribution in [3.63, 3.8) is 0 Å². The number of carboxylic acids is 1. The Kier molecular flexibility index (Phi) is 9.78. The molecule has 0 aromatic heterocycles. The molecule has 0 saturated heterocycles. The van der Waals surface area contributed by atoms with Gasteiger partial charge in [-0.15, -0.1) is 0 Å². The van der Waals surface area contributed by atoms with Crippen LogP contribution in [0.25, 0.3) is 0 Å². The van der Waals surface area contributed by atoms with Gasteiger partial charge in [0, 0.05) is 23.2 Å². The van der Waals surface area contributed by atoms with Crippen molar-refractivity contribution < 1.29 is 19.1 Å². The third kappa shape index (κ3) is 7.47. The summed E-state index contributed by atoms with van der Waals surface area (Å²) in [6, 6.07) is 0.0405. The standard InChI is InChI=1S/C31H37ClFN3O3/c1-3-20(9-8-19(2)33)29-22(6-4-5-7-28(37)38)16-23-10-11-24(18-34-30(23)36-29)31(39)35-27-15-12-21-17-25(32)13-14-26(21)27/h8-10,16-18,27,30,34H,3-7,11-15H2,1-2H3,(H,35,39)(H,37,38)/b19-8+,20-9+/t27-,30?/m1/s1. The Balaban J connectivity index is 1.52. The average Bonchev–Trinajstić information content (AvgIpc) is 3.16. The molecule has 0 bridgehead atoms. The number of halogens is 2. The summed E-state index contributed by atoms with van der Waals surface area (Å²) in [5.74, 6) is -1.17. The molecule has 0 aromatic rings. The summed E-state index contributed by atoms with van der Waals surface area (Å²) < 4.78 is 13.5. The average molecular weight is 554 g/mol. The Hall–Kier alpha value is -3.19. The molecular formula is C31H37ClFN3O3. The van der Waals surface area contributed by atoms with Gasteiger partial charge in [0.2, 0.25) is 5.91 Å². The van der Waals surface area contributed by atoms with E-state index in [1.54, 1.807) is 12.3 Å². The quantitative estimate of drug-likeness (QED) is 0.204. The highest BCUT2D eigenvalue weighted by molar-refractivity contribution is 6.29. The lowest BCUT2D eigenvalue weighted by Gasteiger charge is -2.25. The number of fused-ring (bicyclic) bond motifs is 1. The SMILES string of the molecule is CC/C(=C\C=C(/C)F)C1=NC2NC=C(C(=O)N[C@@H]3CCC4=C3CCC(Cl)=C4)CC=C2C=C1CCCCC(=O)O. The molecule has 2 atom stereocenters. The second kappa shape index (κ2) is 13.2. The second-order valence-corrected chi connectivity index (χ2v) is 10.9. The van der Waals surface area contributed by atoms with Crippen LogP contribution in [0.4, 0.5) is 4.39 Å². The molecule has 0 radical (unpaired) electrons. The maximum atomic E-state index is 13.5. The van der Waals surface area contributed by atoms with Gasteiger partial charge in [0.1, 0.15) is 6.17 Å². The van der Waals surface area contributed by atoms with Crippen molar-refractivity contribution in [2.45, 2.75) is 90.3 Å². The Morgan fingerprint density at radius 3 is 2.79 bits per heavy atom. The molecular weight excluding hydrogens is 517 g/mol. The lowest BCUT2D eigenvalue weighted by atomic mass is 9.90. The van der Waals surface area contributed by atoms with Crippen molar-refractivity contribution >= 4 is 29.2 Å². The first kappa shape index (κ1) is 28.8. The van der Waals surface area contributed by atoms with Crippen LogP contribution in [0.5, 0.6) is 0 Å². The zero-order valence-electron chi connectivity index (χ0n) is 22.7. The molecule has 4 aliphatic rings.